The van der Waals surface area contributed by atoms with Crippen LogP contribution in [-0.4, -0.2) is 51.7 Å². The van der Waals surface area contributed by atoms with E-state index >= 15 is 17.6 Å². The molecular formula is C48H27Br2F9N4O3S. The Hall–Kier alpha value is -6.28. The number of H-pyrrole nitrogens is 2. The first-order valence-corrected chi connectivity index (χ1v) is 22.6. The van der Waals surface area contributed by atoms with Gasteiger partial charge in [0.15, 0.2) is 0 Å². The molecule has 0 spiro atoms. The summed E-state index contributed by atoms with van der Waals surface area (Å²) in [5, 5.41) is -7.02. The molecule has 67 heavy (non-hydrogen) atoms. The Morgan fingerprint density at radius 2 is 0.806 bits per heavy atom. The molecule has 0 amide bonds. The maximum Gasteiger partial charge on any atom is 0.464 e. The molecule has 0 fully saturated rings. The summed E-state index contributed by atoms with van der Waals surface area (Å²) >= 11 is 7.54. The molecule has 19 heteroatoms. The van der Waals surface area contributed by atoms with E-state index in [1.54, 1.807) is 84.9 Å². The van der Waals surface area contributed by atoms with Crippen LogP contribution in [0.4, 0.5) is 39.0 Å². The van der Waals surface area contributed by atoms with Crippen molar-refractivity contribution in [3.63, 3.8) is 0 Å². The molecule has 2 aliphatic rings. The molecule has 2 N–H and O–H groups in total. The number of benzene rings is 4. The fourth-order valence-corrected chi connectivity index (χ4v) is 9.08. The van der Waals surface area contributed by atoms with Crippen LogP contribution in [0, 0.1) is 0 Å². The number of hydrogen-bond donors (Lipinski definition) is 2. The smallest absolute Gasteiger partial charge is 0.354 e. The zero-order valence-electron chi connectivity index (χ0n) is 33.6. The molecule has 0 atom stereocenters. The van der Waals surface area contributed by atoms with E-state index in [2.05, 4.69) is 51.5 Å². The van der Waals surface area contributed by atoms with Gasteiger partial charge in [-0.1, -0.05) is 125 Å². The van der Waals surface area contributed by atoms with E-state index in [9.17, 15) is 29.9 Å². The number of aromatic amines is 2. The highest BCUT2D eigenvalue weighted by Gasteiger charge is 2.75. The minimum atomic E-state index is -7.70. The number of ether oxygens (including phenoxy) is 1. The first-order chi connectivity index (χ1) is 31.7. The number of nitrogens with one attached hydrogen (secondary N) is 2. The van der Waals surface area contributed by atoms with E-state index in [1.807, 2.05) is 30.3 Å². The summed E-state index contributed by atoms with van der Waals surface area (Å²) in [6, 6.07) is 39.7. The van der Waals surface area contributed by atoms with E-state index < -0.39 is 50.6 Å². The standard InChI is InChI=1S/C48H27Br2F9N4O3S/c49-40-41(50)44-39(29-19-11-4-12-20-29)34-24-23-32(61-34)37(27-15-7-2-8-16-27)42-30(45(51,52)46(53,54)66-47(55,56)48(57,58)67(59,64)65)25-35(62-42)36(26-13-5-1-6-14-26)31-21-22-33(60-31)38(43(40)63-44)28-17-9-3-10-18-28/h1-25,60-61H. The van der Waals surface area contributed by atoms with Crippen molar-refractivity contribution in [2.75, 3.05) is 0 Å². The van der Waals surface area contributed by atoms with Gasteiger partial charge in [-0.05, 0) is 84.5 Å². The maximum atomic E-state index is 17.0. The second-order valence-electron chi connectivity index (χ2n) is 15.0. The van der Waals surface area contributed by atoms with Gasteiger partial charge in [0.05, 0.1) is 37.3 Å². The predicted octanol–water partition coefficient (Wildman–Crippen LogP) is 14.9. The van der Waals surface area contributed by atoms with Crippen LogP contribution in [0.3, 0.4) is 0 Å². The maximum absolute atomic E-state index is 17.0. The molecule has 7 aromatic rings. The molecule has 0 aliphatic carbocycles. The lowest BCUT2D eigenvalue weighted by Gasteiger charge is -2.32. The number of halogens is 11. The first-order valence-electron chi connectivity index (χ1n) is 19.7. The molecular weight excluding hydrogens is 1040 g/mol. The van der Waals surface area contributed by atoms with Gasteiger partial charge in [-0.2, -0.15) is 43.5 Å². The van der Waals surface area contributed by atoms with Crippen molar-refractivity contribution >= 4 is 84.8 Å². The molecule has 3 aromatic heterocycles. The van der Waals surface area contributed by atoms with Gasteiger partial charge in [0.2, 0.25) is 0 Å². The van der Waals surface area contributed by atoms with Crippen LogP contribution in [0.2, 0.25) is 0 Å². The third-order valence-corrected chi connectivity index (χ3v) is 13.8. The van der Waals surface area contributed by atoms with E-state index in [1.165, 1.54) is 30.3 Å². The highest BCUT2D eigenvalue weighted by Crippen LogP contribution is 2.54. The lowest BCUT2D eigenvalue weighted by Crippen LogP contribution is -2.55. The fourth-order valence-electron chi connectivity index (χ4n) is 7.80. The summed E-state index contributed by atoms with van der Waals surface area (Å²) in [6.07, 6.45) is -13.2. The van der Waals surface area contributed by atoms with Gasteiger partial charge in [-0.3, -0.25) is 0 Å². The number of fused-ring (bicyclic) bond motifs is 8. The minimum absolute atomic E-state index is 0.0231. The molecule has 2 aliphatic heterocycles. The second kappa shape index (κ2) is 16.8. The lowest BCUT2D eigenvalue weighted by atomic mass is 9.95. The van der Waals surface area contributed by atoms with Crippen LogP contribution in [0.5, 0.6) is 0 Å². The highest BCUT2D eigenvalue weighted by atomic mass is 79.9. The molecule has 0 saturated heterocycles. The Kier molecular flexibility index (Phi) is 11.5. The van der Waals surface area contributed by atoms with Gasteiger partial charge >= 0.3 is 33.6 Å². The van der Waals surface area contributed by atoms with Crippen LogP contribution in [0.1, 0.15) is 22.8 Å². The van der Waals surface area contributed by atoms with Crippen molar-refractivity contribution in [3.05, 3.63) is 168 Å². The van der Waals surface area contributed by atoms with Crippen molar-refractivity contribution in [2.45, 2.75) is 23.4 Å². The quantitative estimate of drug-likeness (QED) is 0.105. The zero-order valence-corrected chi connectivity index (χ0v) is 37.6. The van der Waals surface area contributed by atoms with Gasteiger partial charge in [0, 0.05) is 44.3 Å². The number of nitrogens with zero attached hydrogens (tertiary/aromatic N) is 2. The van der Waals surface area contributed by atoms with Crippen LogP contribution in [0.15, 0.2) is 146 Å². The van der Waals surface area contributed by atoms with Crippen LogP contribution in [0.25, 0.3) is 87.2 Å². The summed E-state index contributed by atoms with van der Waals surface area (Å²) in [5.74, 6) is -6.05. The normalized spacial score (nSPS) is 13.8. The predicted molar refractivity (Wildman–Crippen MR) is 246 cm³/mol. The van der Waals surface area contributed by atoms with E-state index in [4.69, 9.17) is 4.98 Å². The van der Waals surface area contributed by atoms with Gasteiger partial charge in [-0.15, -0.1) is 0 Å². The average molecular weight is 1070 g/mol. The van der Waals surface area contributed by atoms with Crippen molar-refractivity contribution in [3.8, 4) is 44.5 Å². The van der Waals surface area contributed by atoms with Gasteiger partial charge < -0.3 is 9.97 Å². The third-order valence-electron chi connectivity index (χ3n) is 10.9. The van der Waals surface area contributed by atoms with Gasteiger partial charge in [0.25, 0.3) is 0 Å². The summed E-state index contributed by atoms with van der Waals surface area (Å²) < 4.78 is 163. The Morgan fingerprint density at radius 1 is 0.463 bits per heavy atom. The van der Waals surface area contributed by atoms with Crippen LogP contribution >= 0.6 is 31.9 Å². The van der Waals surface area contributed by atoms with E-state index in [0.717, 1.165) is 0 Å². The Morgan fingerprint density at radius 3 is 1.18 bits per heavy atom. The second-order valence-corrected chi connectivity index (χ2v) is 18.0. The average Bonchev–Trinajstić information content (AvgIpc) is 4.12. The summed E-state index contributed by atoms with van der Waals surface area (Å²) in [5.41, 5.74) is 0.974. The van der Waals surface area contributed by atoms with Crippen molar-refractivity contribution in [1.29, 1.82) is 0 Å². The molecule has 0 saturated carbocycles. The van der Waals surface area contributed by atoms with E-state index in [-0.39, 0.29) is 27.7 Å². The lowest BCUT2D eigenvalue weighted by molar-refractivity contribution is -0.446. The third kappa shape index (κ3) is 7.90. The Labute approximate surface area is 391 Å². The zero-order chi connectivity index (χ0) is 47.7. The largest absolute Gasteiger partial charge is 0.464 e. The topological polar surface area (TPSA) is 101 Å². The number of rotatable bonds is 10. The molecule has 8 bridgehead atoms. The first kappa shape index (κ1) is 45.9. The van der Waals surface area contributed by atoms with E-state index in [0.29, 0.717) is 65.3 Å². The molecule has 9 rings (SSSR count). The molecule has 5 heterocycles. The molecule has 340 valence electrons. The SMILES string of the molecule is O=S(=O)(F)C(F)(F)C(F)(F)OC(F)(F)C(F)(F)C1=Cc2nc1c(-c1ccccc1)c1ccc([nH]1)c(-c1ccccc1)c1nc(c(-c3ccccc3)c3ccc([nH]3)c2-c2ccccc2)C(Br)=C1Br. The summed E-state index contributed by atoms with van der Waals surface area (Å²) in [4.78, 5) is 16.3. The number of hydrogen-bond acceptors (Lipinski definition) is 5. The van der Waals surface area contributed by atoms with Gasteiger partial charge in [0.1, 0.15) is 0 Å². The fraction of sp³-hybridized carbons (Fsp3) is 0.0833. The molecule has 0 radical (unpaired) electrons. The molecule has 7 nitrogen and oxygen atoms in total. The van der Waals surface area contributed by atoms with Crippen LogP contribution < -0.4 is 0 Å². The Bertz CT molecular complexity index is 3440. The monoisotopic (exact) mass is 1070 g/mol. The number of alkyl halides is 8. The minimum Gasteiger partial charge on any atom is -0.354 e. The number of aromatic nitrogens is 4. The van der Waals surface area contributed by atoms with Crippen molar-refractivity contribution in [2.24, 2.45) is 0 Å². The summed E-state index contributed by atoms with van der Waals surface area (Å²) in [6.45, 7) is 0. The van der Waals surface area contributed by atoms with Crippen molar-refractivity contribution < 1.29 is 52.2 Å². The van der Waals surface area contributed by atoms with Gasteiger partial charge in [-0.25, -0.2) is 14.7 Å². The van der Waals surface area contributed by atoms with Crippen molar-refractivity contribution in [1.82, 2.24) is 19.9 Å². The van der Waals surface area contributed by atoms with Crippen LogP contribution in [-0.2, 0) is 15.0 Å². The molecule has 0 unspecified atom stereocenters. The Balaban J connectivity index is 1.48. The molecule has 4 aromatic carbocycles. The highest BCUT2D eigenvalue weighted by molar-refractivity contribution is 9.18. The summed E-state index contributed by atoms with van der Waals surface area (Å²) in [7, 11) is -7.70.